The van der Waals surface area contributed by atoms with Gasteiger partial charge in [0.1, 0.15) is 0 Å². The van der Waals surface area contributed by atoms with Gasteiger partial charge in [0.15, 0.2) is 5.82 Å². The van der Waals surface area contributed by atoms with Gasteiger partial charge in [0, 0.05) is 5.39 Å². The van der Waals surface area contributed by atoms with Crippen LogP contribution in [0.1, 0.15) is 6.92 Å². The summed E-state index contributed by atoms with van der Waals surface area (Å²) < 4.78 is 4.68. The molecule has 1 amide bonds. The molecular weight excluding hydrogens is 307 g/mol. The predicted octanol–water partition coefficient (Wildman–Crippen LogP) is 2.72. The fraction of sp³-hybridized carbons (Fsp3) is 0.182. The van der Waals surface area contributed by atoms with Crippen molar-refractivity contribution in [2.75, 3.05) is 12.0 Å². The number of fused-ring (bicyclic) bond motifs is 1. The highest BCUT2D eigenvalue weighted by atomic mass is 35.5. The van der Waals surface area contributed by atoms with Gasteiger partial charge < -0.3 is 9.84 Å². The first-order valence-electron chi connectivity index (χ1n) is 5.55. The van der Waals surface area contributed by atoms with Crippen molar-refractivity contribution in [1.82, 2.24) is 15.4 Å². The Balaban J connectivity index is 2.36. The number of halogens is 2. The maximum absolute atomic E-state index is 11.2. The second kappa shape index (κ2) is 5.98. The molecule has 0 bridgehead atoms. The lowest BCUT2D eigenvalue weighted by atomic mass is 10.2. The summed E-state index contributed by atoms with van der Waals surface area (Å²) in [5, 5.41) is 10.5. The quantitative estimate of drug-likeness (QED) is 0.753. The van der Waals surface area contributed by atoms with Gasteiger partial charge in [-0.3, -0.25) is 5.43 Å². The van der Waals surface area contributed by atoms with Gasteiger partial charge in [0.25, 0.3) is 0 Å². The van der Waals surface area contributed by atoms with E-state index in [0.29, 0.717) is 20.9 Å². The van der Waals surface area contributed by atoms with Crippen molar-refractivity contribution in [2.24, 2.45) is 0 Å². The van der Waals surface area contributed by atoms with Gasteiger partial charge in [-0.2, -0.15) is 9.97 Å². The van der Waals surface area contributed by atoms with Crippen LogP contribution in [0.3, 0.4) is 0 Å². The van der Waals surface area contributed by atoms with Crippen molar-refractivity contribution in [3.8, 4) is 6.01 Å². The third-order valence-corrected chi connectivity index (χ3v) is 3.01. The summed E-state index contributed by atoms with van der Waals surface area (Å²) in [6.07, 6.45) is -0.682. The van der Waals surface area contributed by atoms with Crippen LogP contribution >= 0.6 is 23.2 Å². The van der Waals surface area contributed by atoms with Crippen molar-refractivity contribution < 1.29 is 14.6 Å². The molecule has 0 aliphatic carbocycles. The molecule has 0 atom stereocenters. The molecule has 2 rings (SSSR count). The summed E-state index contributed by atoms with van der Waals surface area (Å²) in [7, 11) is 0. The number of hydrogen-bond donors (Lipinski definition) is 3. The van der Waals surface area contributed by atoms with Crippen LogP contribution in [0.4, 0.5) is 10.6 Å². The Hall–Kier alpha value is -1.99. The summed E-state index contributed by atoms with van der Waals surface area (Å²) in [5.41, 5.74) is 5.16. The lowest BCUT2D eigenvalue weighted by Gasteiger charge is -2.10. The third-order valence-electron chi connectivity index (χ3n) is 2.28. The molecule has 0 saturated carbocycles. The number of aromatic nitrogens is 2. The standard InChI is InChI=1S/C11H10Cl2N4O3/c1-2-20-11(19)17-16-9-5-3-6(12)7(13)4-8(5)14-10(18)15-9/h3-4H,2H2,1H3,(H,17,19)(H2,14,15,16,18). The normalized spacial score (nSPS) is 10.3. The van der Waals surface area contributed by atoms with E-state index in [-0.39, 0.29) is 12.4 Å². The van der Waals surface area contributed by atoms with Gasteiger partial charge in [0.2, 0.25) is 0 Å². The number of hydrogen-bond acceptors (Lipinski definition) is 6. The van der Waals surface area contributed by atoms with E-state index < -0.39 is 12.1 Å². The lowest BCUT2D eigenvalue weighted by molar-refractivity contribution is 0.154. The van der Waals surface area contributed by atoms with Crippen molar-refractivity contribution in [3.63, 3.8) is 0 Å². The highest BCUT2D eigenvalue weighted by molar-refractivity contribution is 6.42. The number of amides is 1. The third kappa shape index (κ3) is 3.12. The van der Waals surface area contributed by atoms with Gasteiger partial charge in [-0.1, -0.05) is 23.2 Å². The van der Waals surface area contributed by atoms with Gasteiger partial charge in [-0.15, -0.1) is 0 Å². The Morgan fingerprint density at radius 3 is 2.75 bits per heavy atom. The molecule has 2 aromatic rings. The average molecular weight is 317 g/mol. The Morgan fingerprint density at radius 2 is 2.05 bits per heavy atom. The number of aromatic hydroxyl groups is 1. The number of carbonyl (C=O) groups is 1. The number of anilines is 1. The first-order chi connectivity index (χ1) is 9.51. The summed E-state index contributed by atoms with van der Waals surface area (Å²) in [6.45, 7) is 1.90. The van der Waals surface area contributed by atoms with Gasteiger partial charge in [-0.05, 0) is 19.1 Å². The molecule has 0 radical (unpaired) electrons. The van der Waals surface area contributed by atoms with E-state index in [1.807, 2.05) is 0 Å². The monoisotopic (exact) mass is 316 g/mol. The number of carbonyl (C=O) groups excluding carboxylic acids is 1. The first-order valence-corrected chi connectivity index (χ1v) is 6.31. The highest BCUT2D eigenvalue weighted by Gasteiger charge is 2.11. The molecule has 3 N–H and O–H groups in total. The highest BCUT2D eigenvalue weighted by Crippen LogP contribution is 2.30. The second-order valence-electron chi connectivity index (χ2n) is 3.63. The zero-order chi connectivity index (χ0) is 14.7. The number of benzene rings is 1. The van der Waals surface area contributed by atoms with Gasteiger partial charge in [-0.25, -0.2) is 10.2 Å². The molecule has 0 unspecified atom stereocenters. The molecule has 0 spiro atoms. The van der Waals surface area contributed by atoms with Crippen LogP contribution < -0.4 is 10.9 Å². The van der Waals surface area contributed by atoms with Gasteiger partial charge >= 0.3 is 12.1 Å². The number of nitrogens with one attached hydrogen (secondary N) is 2. The molecule has 1 aromatic heterocycles. The Labute approximate surface area is 123 Å². The van der Waals surface area contributed by atoms with Crippen molar-refractivity contribution in [1.29, 1.82) is 0 Å². The zero-order valence-corrected chi connectivity index (χ0v) is 11.8. The van der Waals surface area contributed by atoms with Crippen LogP contribution in [0.2, 0.25) is 10.0 Å². The number of rotatable bonds is 3. The van der Waals surface area contributed by atoms with E-state index >= 15 is 0 Å². The Bertz CT molecular complexity index is 666. The summed E-state index contributed by atoms with van der Waals surface area (Å²) >= 11 is 11.8. The molecule has 106 valence electrons. The number of nitrogens with zero attached hydrogens (tertiary/aromatic N) is 2. The Morgan fingerprint density at radius 1 is 1.35 bits per heavy atom. The van der Waals surface area contributed by atoms with E-state index in [1.54, 1.807) is 6.92 Å². The molecular formula is C11H10Cl2N4O3. The largest absolute Gasteiger partial charge is 0.479 e. The molecule has 9 heteroatoms. The smallest absolute Gasteiger partial charge is 0.425 e. The molecule has 1 aromatic carbocycles. The fourth-order valence-corrected chi connectivity index (χ4v) is 1.81. The number of hydrazine groups is 1. The lowest BCUT2D eigenvalue weighted by Crippen LogP contribution is -2.30. The van der Waals surface area contributed by atoms with Crippen LogP contribution in [0.15, 0.2) is 12.1 Å². The number of ether oxygens (including phenoxy) is 1. The first kappa shape index (κ1) is 14.4. The minimum Gasteiger partial charge on any atom is -0.479 e. The average Bonchev–Trinajstić information content (AvgIpc) is 2.38. The van der Waals surface area contributed by atoms with E-state index in [9.17, 15) is 9.90 Å². The molecule has 0 aliphatic rings. The zero-order valence-electron chi connectivity index (χ0n) is 10.3. The summed E-state index contributed by atoms with van der Waals surface area (Å²) in [4.78, 5) is 18.8. The maximum atomic E-state index is 11.2. The predicted molar refractivity (Wildman–Crippen MR) is 75.0 cm³/mol. The maximum Gasteiger partial charge on any atom is 0.425 e. The van der Waals surface area contributed by atoms with Crippen molar-refractivity contribution >= 4 is 46.0 Å². The van der Waals surface area contributed by atoms with Crippen molar-refractivity contribution in [3.05, 3.63) is 22.2 Å². The molecule has 0 aliphatic heterocycles. The summed E-state index contributed by atoms with van der Waals surface area (Å²) in [6, 6.07) is 2.54. The minimum atomic E-state index is -0.682. The summed E-state index contributed by atoms with van der Waals surface area (Å²) in [5.74, 6) is 0.166. The van der Waals surface area contributed by atoms with Crippen LogP contribution in [-0.4, -0.2) is 27.8 Å². The van der Waals surface area contributed by atoms with Crippen LogP contribution in [0.25, 0.3) is 10.9 Å². The molecule has 0 fully saturated rings. The Kier molecular flexibility index (Phi) is 4.31. The second-order valence-corrected chi connectivity index (χ2v) is 4.44. The van der Waals surface area contributed by atoms with E-state index in [2.05, 4.69) is 25.6 Å². The molecule has 0 saturated heterocycles. The topological polar surface area (TPSA) is 96.4 Å². The van der Waals surface area contributed by atoms with E-state index in [4.69, 9.17) is 23.2 Å². The van der Waals surface area contributed by atoms with Crippen LogP contribution in [0.5, 0.6) is 6.01 Å². The minimum absolute atomic E-state index is 0.166. The van der Waals surface area contributed by atoms with Crippen LogP contribution in [0, 0.1) is 0 Å². The van der Waals surface area contributed by atoms with Crippen molar-refractivity contribution in [2.45, 2.75) is 6.92 Å². The van der Waals surface area contributed by atoms with Gasteiger partial charge in [0.05, 0.1) is 22.2 Å². The van der Waals surface area contributed by atoms with Crippen LogP contribution in [-0.2, 0) is 4.74 Å². The molecule has 1 heterocycles. The molecule has 20 heavy (non-hydrogen) atoms. The SMILES string of the molecule is CCOC(=O)NNc1nc(O)nc2cc(Cl)c(Cl)cc12. The van der Waals surface area contributed by atoms with E-state index in [1.165, 1.54) is 12.1 Å². The van der Waals surface area contributed by atoms with E-state index in [0.717, 1.165) is 0 Å². The fourth-order valence-electron chi connectivity index (χ4n) is 1.48. The molecule has 7 nitrogen and oxygen atoms in total.